The zero-order valence-electron chi connectivity index (χ0n) is 20.4. The van der Waals surface area contributed by atoms with Gasteiger partial charge in [0.1, 0.15) is 19.8 Å². The normalized spacial score (nSPS) is 11.1. The first-order chi connectivity index (χ1) is 18.9. The lowest BCUT2D eigenvalue weighted by atomic mass is 10.3. The molecule has 13 heteroatoms. The molecule has 0 radical (unpaired) electrons. The van der Waals surface area contributed by atoms with Gasteiger partial charge >= 0.3 is 11.9 Å². The van der Waals surface area contributed by atoms with Crippen molar-refractivity contribution in [2.24, 2.45) is 5.10 Å². The molecule has 0 saturated heterocycles. The summed E-state index contributed by atoms with van der Waals surface area (Å²) in [6, 6.07) is 15.0. The molecule has 0 saturated carbocycles. The summed E-state index contributed by atoms with van der Waals surface area (Å²) in [6.07, 6.45) is 5.15. The molecule has 3 rings (SSSR count). The number of esters is 2. The molecule has 0 amide bonds. The van der Waals surface area contributed by atoms with Gasteiger partial charge in [-0.25, -0.2) is 14.3 Å². The van der Waals surface area contributed by atoms with E-state index in [1.54, 1.807) is 53.2 Å². The molecule has 2 aromatic carbocycles. The van der Waals surface area contributed by atoms with Crippen molar-refractivity contribution in [3.63, 3.8) is 0 Å². The molecule has 39 heavy (non-hydrogen) atoms. The minimum atomic E-state index is -0.896. The quantitative estimate of drug-likeness (QED) is 0.0940. The van der Waals surface area contributed by atoms with Crippen molar-refractivity contribution in [3.8, 4) is 18.0 Å². The summed E-state index contributed by atoms with van der Waals surface area (Å²) >= 11 is 17.6. The van der Waals surface area contributed by atoms with Crippen LogP contribution in [0.1, 0.15) is 16.2 Å². The topological polar surface area (TPSA) is 113 Å². The third-order valence-corrected chi connectivity index (χ3v) is 5.46. The molecule has 0 aliphatic rings. The van der Waals surface area contributed by atoms with Gasteiger partial charge in [-0.15, -0.1) is 6.42 Å². The lowest BCUT2D eigenvalue weighted by molar-refractivity contribution is -0.136. The number of anilines is 1. The Hall–Kier alpha value is -3.59. The fourth-order valence-electron chi connectivity index (χ4n) is 2.94. The van der Waals surface area contributed by atoms with Crippen LogP contribution in [0.2, 0.25) is 10.0 Å². The molecule has 0 aliphatic heterocycles. The molecule has 0 atom stereocenters. The van der Waals surface area contributed by atoms with Crippen molar-refractivity contribution < 1.29 is 28.5 Å². The van der Waals surface area contributed by atoms with Crippen molar-refractivity contribution >= 4 is 57.6 Å². The summed E-state index contributed by atoms with van der Waals surface area (Å²) in [6.45, 7) is 0.464. The molecule has 0 aliphatic carbocycles. The van der Waals surface area contributed by atoms with E-state index in [0.29, 0.717) is 40.3 Å². The Morgan fingerprint density at radius 2 is 1.59 bits per heavy atom. The van der Waals surface area contributed by atoms with Gasteiger partial charge in [0.05, 0.1) is 36.9 Å². The first kappa shape index (κ1) is 30.0. The number of hydrogen-bond donors (Lipinski definition) is 1. The van der Waals surface area contributed by atoms with Crippen molar-refractivity contribution in [2.45, 2.75) is 6.61 Å². The SMILES string of the molecule is C#CCOCCOCc1cc(C(=O)OCCOC(=O)/C(Cl)=N/Nc2ccc(Cl)cc2)nn1-c1ccc(Cl)cc1. The molecule has 1 N–H and O–H groups in total. The van der Waals surface area contributed by atoms with Crippen molar-refractivity contribution in [3.05, 3.63) is 76.0 Å². The van der Waals surface area contributed by atoms with Crippen LogP contribution < -0.4 is 5.43 Å². The Labute approximate surface area is 239 Å². The summed E-state index contributed by atoms with van der Waals surface area (Å²) in [5, 5.41) is 8.73. The number of halogens is 3. The Morgan fingerprint density at radius 1 is 0.949 bits per heavy atom. The summed E-state index contributed by atoms with van der Waals surface area (Å²) in [7, 11) is 0. The fourth-order valence-corrected chi connectivity index (χ4v) is 3.29. The number of carbonyl (C=O) groups is 2. The van der Waals surface area contributed by atoms with E-state index in [2.05, 4.69) is 21.5 Å². The second-order valence-corrected chi connectivity index (χ2v) is 8.74. The molecule has 1 heterocycles. The number of nitrogens with one attached hydrogen (secondary N) is 1. The molecule has 0 unspecified atom stereocenters. The highest BCUT2D eigenvalue weighted by Gasteiger charge is 2.18. The van der Waals surface area contributed by atoms with Crippen molar-refractivity contribution in [1.82, 2.24) is 9.78 Å². The van der Waals surface area contributed by atoms with Gasteiger partial charge in [0.25, 0.3) is 0 Å². The van der Waals surface area contributed by atoms with Gasteiger partial charge in [-0.2, -0.15) is 10.2 Å². The van der Waals surface area contributed by atoms with E-state index in [1.165, 1.54) is 6.07 Å². The van der Waals surface area contributed by atoms with Crippen LogP contribution >= 0.6 is 34.8 Å². The largest absolute Gasteiger partial charge is 0.457 e. The minimum Gasteiger partial charge on any atom is -0.457 e. The maximum Gasteiger partial charge on any atom is 0.370 e. The Kier molecular flexibility index (Phi) is 12.1. The van der Waals surface area contributed by atoms with Crippen LogP contribution in [0.4, 0.5) is 5.69 Å². The number of benzene rings is 2. The molecule has 0 fully saturated rings. The van der Waals surface area contributed by atoms with Crippen LogP contribution in [0.3, 0.4) is 0 Å². The second-order valence-electron chi connectivity index (χ2n) is 7.51. The van der Waals surface area contributed by atoms with E-state index in [4.69, 9.17) is 60.2 Å². The second kappa shape index (κ2) is 15.7. The summed E-state index contributed by atoms with van der Waals surface area (Å²) in [4.78, 5) is 24.6. The van der Waals surface area contributed by atoms with Gasteiger partial charge in [-0.1, -0.05) is 40.7 Å². The zero-order chi connectivity index (χ0) is 28.0. The molecule has 10 nitrogen and oxygen atoms in total. The maximum absolute atomic E-state index is 12.6. The van der Waals surface area contributed by atoms with Crippen molar-refractivity contribution in [1.29, 1.82) is 0 Å². The van der Waals surface area contributed by atoms with Crippen LogP contribution in [0.25, 0.3) is 5.69 Å². The van der Waals surface area contributed by atoms with Crippen LogP contribution in [0.15, 0.2) is 59.7 Å². The molecular formula is C26H23Cl3N4O6. The predicted octanol–water partition coefficient (Wildman–Crippen LogP) is 4.71. The summed E-state index contributed by atoms with van der Waals surface area (Å²) in [5.74, 6) is 0.755. The number of hydrogen-bond acceptors (Lipinski definition) is 9. The number of aromatic nitrogens is 2. The minimum absolute atomic E-state index is 0.0326. The van der Waals surface area contributed by atoms with E-state index in [-0.39, 0.29) is 32.1 Å². The number of rotatable bonds is 14. The van der Waals surface area contributed by atoms with Gasteiger partial charge in [0.2, 0.25) is 5.17 Å². The lowest BCUT2D eigenvalue weighted by Crippen LogP contribution is -2.18. The van der Waals surface area contributed by atoms with E-state index in [1.807, 2.05) is 0 Å². The van der Waals surface area contributed by atoms with Crippen LogP contribution in [0, 0.1) is 12.3 Å². The standard InChI is InChI=1S/C26H23Cl3N4O6/c1-2-11-36-12-13-37-17-22-16-23(32-33(22)21-9-5-19(28)6-10-21)25(34)38-14-15-39-26(35)24(29)31-30-20-7-3-18(27)4-8-20/h1,3-10,16,30H,11-15,17H2/b31-24-. The van der Waals surface area contributed by atoms with E-state index < -0.39 is 17.1 Å². The van der Waals surface area contributed by atoms with E-state index >= 15 is 0 Å². The van der Waals surface area contributed by atoms with Gasteiger partial charge in [-0.05, 0) is 54.6 Å². The zero-order valence-corrected chi connectivity index (χ0v) is 22.7. The molecule has 204 valence electrons. The molecule has 0 spiro atoms. The van der Waals surface area contributed by atoms with Gasteiger partial charge in [-0.3, -0.25) is 5.43 Å². The molecule has 1 aromatic heterocycles. The monoisotopic (exact) mass is 592 g/mol. The highest BCUT2D eigenvalue weighted by molar-refractivity contribution is 6.82. The third-order valence-electron chi connectivity index (χ3n) is 4.72. The van der Waals surface area contributed by atoms with Gasteiger partial charge in [0, 0.05) is 10.0 Å². The highest BCUT2D eigenvalue weighted by atomic mass is 35.5. The highest BCUT2D eigenvalue weighted by Crippen LogP contribution is 2.18. The Bertz CT molecular complexity index is 1320. The number of carbonyl (C=O) groups excluding carboxylic acids is 2. The smallest absolute Gasteiger partial charge is 0.370 e. The van der Waals surface area contributed by atoms with Crippen molar-refractivity contribution in [2.75, 3.05) is 38.5 Å². The summed E-state index contributed by atoms with van der Waals surface area (Å²) in [5.41, 5.74) is 4.45. The van der Waals surface area contributed by atoms with Gasteiger partial charge < -0.3 is 18.9 Å². The van der Waals surface area contributed by atoms with Crippen LogP contribution in [0.5, 0.6) is 0 Å². The molecule has 0 bridgehead atoms. The first-order valence-electron chi connectivity index (χ1n) is 11.4. The lowest BCUT2D eigenvalue weighted by Gasteiger charge is -2.08. The third kappa shape index (κ3) is 9.90. The average Bonchev–Trinajstić information content (AvgIpc) is 3.37. The number of terminal acetylenes is 1. The first-order valence-corrected chi connectivity index (χ1v) is 12.5. The Morgan fingerprint density at radius 3 is 2.28 bits per heavy atom. The van der Waals surface area contributed by atoms with Gasteiger partial charge in [0.15, 0.2) is 5.69 Å². The predicted molar refractivity (Wildman–Crippen MR) is 147 cm³/mol. The average molecular weight is 594 g/mol. The van der Waals surface area contributed by atoms with Crippen LogP contribution in [-0.2, 0) is 30.3 Å². The molecule has 3 aromatic rings. The fraction of sp³-hybridized carbons (Fsp3) is 0.231. The Balaban J connectivity index is 1.52. The van der Waals surface area contributed by atoms with E-state index in [9.17, 15) is 9.59 Å². The van der Waals surface area contributed by atoms with Crippen LogP contribution in [-0.4, -0.2) is 59.9 Å². The maximum atomic E-state index is 12.6. The number of ether oxygens (including phenoxy) is 4. The summed E-state index contributed by atoms with van der Waals surface area (Å²) < 4.78 is 22.5. The molecular weight excluding hydrogens is 571 g/mol. The number of hydrazone groups is 1. The number of nitrogens with zero attached hydrogens (tertiary/aromatic N) is 3. The van der Waals surface area contributed by atoms with E-state index in [0.717, 1.165) is 0 Å².